The van der Waals surface area contributed by atoms with Crippen LogP contribution in [0.25, 0.3) is 22.3 Å². The second-order valence-electron chi connectivity index (χ2n) is 26.8. The van der Waals surface area contributed by atoms with E-state index in [1.165, 1.54) is 89.0 Å². The predicted octanol–water partition coefficient (Wildman–Crippen LogP) is 5.92. The summed E-state index contributed by atoms with van der Waals surface area (Å²) in [6.07, 6.45) is -6.34. The molecule has 33 heteroatoms. The molecular weight excluding hydrogens is 1480 g/mol. The first-order chi connectivity index (χ1) is 51.6. The number of phenols is 3. The van der Waals surface area contributed by atoms with Gasteiger partial charge in [0.1, 0.15) is 71.2 Å². The molecule has 4 aliphatic heterocycles. The molecule has 7 aromatic carbocycles. The molecular formula is C76H85Cl3N10O20. The summed E-state index contributed by atoms with van der Waals surface area (Å²) in [5, 5.41) is 99.8. The van der Waals surface area contributed by atoms with Gasteiger partial charge in [0, 0.05) is 47.8 Å². The van der Waals surface area contributed by atoms with Gasteiger partial charge in [-0.15, -0.1) is 0 Å². The van der Waals surface area contributed by atoms with Gasteiger partial charge in [0.2, 0.25) is 53.4 Å². The fourth-order valence-electron chi connectivity index (χ4n) is 12.8. The number of ether oxygens (including phenoxy) is 5. The molecule has 8 bridgehead atoms. The zero-order valence-electron chi connectivity index (χ0n) is 60.2. The number of methoxy groups -OCH3 is 2. The number of carbonyl (C=O) groups is 8. The number of hydrogen-bond acceptors (Lipinski definition) is 22. The van der Waals surface area contributed by atoms with Crippen molar-refractivity contribution in [2.45, 2.75) is 132 Å². The number of halogens is 3. The summed E-state index contributed by atoms with van der Waals surface area (Å²) in [5.41, 5.74) is 12.4. The average molecular weight is 1560 g/mol. The monoisotopic (exact) mass is 1560 g/mol. The molecule has 11 rings (SSSR count). The number of amides is 7. The number of aliphatic hydroxyl groups is 3. The van der Waals surface area contributed by atoms with Crippen molar-refractivity contribution in [1.29, 1.82) is 0 Å². The minimum atomic E-state index is -2.05. The highest BCUT2D eigenvalue weighted by molar-refractivity contribution is 6.32. The first kappa shape index (κ1) is 82.5. The lowest BCUT2D eigenvalue weighted by atomic mass is 9.85. The third kappa shape index (κ3) is 19.5. The van der Waals surface area contributed by atoms with Gasteiger partial charge in [-0.2, -0.15) is 0 Å². The van der Waals surface area contributed by atoms with Crippen molar-refractivity contribution in [3.63, 3.8) is 0 Å². The molecule has 3 unspecified atom stereocenters. The zero-order chi connectivity index (χ0) is 79.6. The number of carbonyl (C=O) groups excluding carboxylic acids is 7. The van der Waals surface area contributed by atoms with E-state index in [1.54, 1.807) is 6.92 Å². The van der Waals surface area contributed by atoms with Gasteiger partial charge in [-0.3, -0.25) is 33.6 Å². The second kappa shape index (κ2) is 35.7. The Kier molecular flexibility index (Phi) is 27.0. The molecule has 13 atom stereocenters. The van der Waals surface area contributed by atoms with E-state index >= 15 is 0 Å². The lowest BCUT2D eigenvalue weighted by Gasteiger charge is -2.45. The van der Waals surface area contributed by atoms with Gasteiger partial charge in [-0.25, -0.2) is 4.79 Å². The Labute approximate surface area is 641 Å². The first-order valence-corrected chi connectivity index (χ1v) is 35.3. The van der Waals surface area contributed by atoms with Crippen LogP contribution in [0, 0.1) is 5.92 Å². The minimum absolute atomic E-state index is 0.00133. The summed E-state index contributed by atoms with van der Waals surface area (Å²) in [4.78, 5) is 106. The van der Waals surface area contributed by atoms with E-state index in [2.05, 4.69) is 42.5 Å². The smallest absolute Gasteiger partial charge is 0.330 e. The summed E-state index contributed by atoms with van der Waals surface area (Å²) in [6, 6.07) is 21.5. The van der Waals surface area contributed by atoms with Gasteiger partial charge in [0.05, 0.1) is 54.5 Å². The molecule has 19 N–H and O–H groups in total. The third-order valence-electron chi connectivity index (χ3n) is 18.6. The average Bonchev–Trinajstić information content (AvgIpc) is 0.777. The van der Waals surface area contributed by atoms with Gasteiger partial charge >= 0.3 is 5.97 Å². The lowest BCUT2D eigenvalue weighted by molar-refractivity contribution is -0.211. The molecule has 0 aliphatic carbocycles. The van der Waals surface area contributed by atoms with Crippen molar-refractivity contribution >= 4 is 82.1 Å². The normalized spacial score (nSPS) is 21.4. The van der Waals surface area contributed by atoms with Gasteiger partial charge in [0.15, 0.2) is 17.5 Å². The number of nitrogens with one attached hydrogen (secondary N) is 8. The highest BCUT2D eigenvalue weighted by atomic mass is 35.5. The van der Waals surface area contributed by atoms with E-state index in [4.69, 9.17) is 70.0 Å². The van der Waals surface area contributed by atoms with Gasteiger partial charge in [-0.05, 0) is 139 Å². The van der Waals surface area contributed by atoms with Crippen LogP contribution in [0.2, 0.25) is 15.1 Å². The Morgan fingerprint density at radius 3 is 2.00 bits per heavy atom. The van der Waals surface area contributed by atoms with Crippen molar-refractivity contribution in [1.82, 2.24) is 42.5 Å². The van der Waals surface area contributed by atoms with E-state index in [1.807, 2.05) is 69.3 Å². The predicted molar refractivity (Wildman–Crippen MR) is 399 cm³/mol. The maximum absolute atomic E-state index is 14.7. The Hall–Kier alpha value is -10.5. The summed E-state index contributed by atoms with van der Waals surface area (Å²) in [5.74, 6) is -9.28. The molecule has 0 spiro atoms. The van der Waals surface area contributed by atoms with Crippen LogP contribution in [0.5, 0.6) is 46.0 Å². The molecule has 0 aromatic heterocycles. The van der Waals surface area contributed by atoms with Crippen molar-refractivity contribution in [3.05, 3.63) is 176 Å². The second-order valence-corrected chi connectivity index (χ2v) is 28.1. The summed E-state index contributed by atoms with van der Waals surface area (Å²) in [7, 11) is 5.59. The molecule has 4 heterocycles. The highest BCUT2D eigenvalue weighted by Crippen LogP contribution is 2.48. The van der Waals surface area contributed by atoms with E-state index in [9.17, 15) is 74.1 Å². The zero-order valence-corrected chi connectivity index (χ0v) is 62.5. The summed E-state index contributed by atoms with van der Waals surface area (Å²) >= 11 is 19.1. The maximum atomic E-state index is 14.7. The molecule has 580 valence electrons. The number of aliphatic hydroxyl groups excluding tert-OH is 3. The molecule has 30 nitrogen and oxygen atoms in total. The molecule has 7 amide bonds. The van der Waals surface area contributed by atoms with Crippen molar-refractivity contribution in [2.24, 2.45) is 17.4 Å². The number of carboxylic acids is 1. The quantitative estimate of drug-likeness (QED) is 0.0397. The Morgan fingerprint density at radius 1 is 0.716 bits per heavy atom. The molecule has 0 radical (unpaired) electrons. The maximum Gasteiger partial charge on any atom is 0.330 e. The van der Waals surface area contributed by atoms with Crippen molar-refractivity contribution in [2.75, 3.05) is 28.3 Å². The summed E-state index contributed by atoms with van der Waals surface area (Å²) in [6.45, 7) is 7.71. The fourth-order valence-corrected chi connectivity index (χ4v) is 13.5. The number of primary amides is 1. The van der Waals surface area contributed by atoms with Crippen LogP contribution in [0.4, 0.5) is 0 Å². The molecule has 1 fully saturated rings. The van der Waals surface area contributed by atoms with Crippen LogP contribution >= 0.6 is 34.8 Å². The van der Waals surface area contributed by atoms with Gasteiger partial charge < -0.3 is 113 Å². The highest BCUT2D eigenvalue weighted by Gasteiger charge is 2.47. The number of nitrogens with two attached hydrogens (primary N) is 2. The third-order valence-corrected chi connectivity index (χ3v) is 19.4. The minimum Gasteiger partial charge on any atom is -0.508 e. The van der Waals surface area contributed by atoms with Crippen molar-refractivity contribution < 1.29 is 97.8 Å². The summed E-state index contributed by atoms with van der Waals surface area (Å²) < 4.78 is 30.4. The van der Waals surface area contributed by atoms with Crippen LogP contribution in [0.1, 0.15) is 111 Å². The largest absolute Gasteiger partial charge is 0.508 e. The molecule has 0 saturated carbocycles. The number of aliphatic carboxylic acids is 1. The molecule has 1 saturated heterocycles. The van der Waals surface area contributed by atoms with E-state index in [0.717, 1.165) is 34.9 Å². The number of benzene rings is 7. The van der Waals surface area contributed by atoms with Crippen molar-refractivity contribution in [3.8, 4) is 68.2 Å². The van der Waals surface area contributed by atoms with Crippen LogP contribution in [0.15, 0.2) is 127 Å². The van der Waals surface area contributed by atoms with E-state index in [-0.39, 0.29) is 84.3 Å². The van der Waals surface area contributed by atoms with Crippen LogP contribution < -0.4 is 72.9 Å². The number of likely N-dealkylation sites (N-methyl/N-ethyl adjacent to an activating group) is 2. The number of phenolic OH excluding ortho intramolecular Hbond substituents is 3. The Bertz CT molecular complexity index is 4560. The molecule has 7 aromatic rings. The number of carboxylic acid groups (broad SMARTS) is 1. The number of aromatic hydroxyl groups is 3. The Balaban J connectivity index is 0.000000349. The topological polar surface area (TPSA) is 473 Å². The lowest BCUT2D eigenvalue weighted by Crippen LogP contribution is -2.62. The Morgan fingerprint density at radius 2 is 1.39 bits per heavy atom. The molecule has 4 aliphatic rings. The van der Waals surface area contributed by atoms with Gasteiger partial charge in [-0.1, -0.05) is 103 Å². The van der Waals surface area contributed by atoms with E-state index in [0.29, 0.717) is 23.7 Å². The number of rotatable bonds is 21. The van der Waals surface area contributed by atoms with Crippen LogP contribution in [-0.4, -0.2) is 160 Å². The van der Waals surface area contributed by atoms with Gasteiger partial charge in [0.25, 0.3) is 0 Å². The first-order valence-electron chi connectivity index (χ1n) is 34.2. The van der Waals surface area contributed by atoms with Crippen LogP contribution in [0.3, 0.4) is 0 Å². The fraction of sp³-hybridized carbons (Fsp3) is 0.342. The van der Waals surface area contributed by atoms with Crippen LogP contribution in [-0.2, 0) is 49.6 Å². The molecule has 109 heavy (non-hydrogen) atoms. The number of hydrogen-bond donors (Lipinski definition) is 17. The number of fused-ring (bicyclic) bond motifs is 8. The standard InChI is InChI=1S/C55H53Cl2N5O14.C21H32ClN5O6/c1-25-50(67)55(2,59-24-26-5-7-27(8-6-26)28-9-13-32(56)14-10-28)23-42(74-25)76-49-40(73-4)19-31-20-41(49)75-39-16-12-30(18-36(39)57)48(66)47-53(70)61-46(54(71)72)35-21-33(63)22-38(65)43(35)34-17-29(11-15-37(34)64)45(52(69)62-47)60-51(68)44(31)58-3;1-10(2)7-13(23)19(30)27-17(18(29)11-5-6-15(33-4)12(22)8-11)21(32)26-14(9-16(24)28)20(31)25-3/h5-22,25,42,44-48,50,58-59,63-67H,23-24H2,1-4H3,(H,60,68)(H,61,70)(H,62,69)(H,71,72);5-6,8,10,13-14,17-18,29H,7,9,23H2,1-4H3,(H2,24,28)(H,25,31)(H,26,32)(H,27,30)/t25-,42?,44?,45?,46-,47-,48+,50+,55-;13-,14-,17+,18+/m00/s1. The SMILES string of the molecule is CNC(=O)[C@H](CC(N)=O)NC(=O)[C@H](NC(=O)[C@@H](N)CC(C)C)[C@H](O)c1ccc(OC)c(Cl)c1.CNC1C(=O)NC2C(=O)N[C@H](C(=O)N[C@H](C(=O)O)c3cc(O)cc(O)c3-c3cc2ccc3O)[C@H](O)c2ccc(c(Cl)c2)Oc2cc1cc(OC)c2OC1C[C@](C)(NCc2ccc(-c3ccc(Cl)cc3)cc2)[C@H](O)[C@H](C)O1. The van der Waals surface area contributed by atoms with E-state index < -0.39 is 150 Å².